The minimum atomic E-state index is -4.09. The van der Waals surface area contributed by atoms with Gasteiger partial charge in [-0.2, -0.15) is 0 Å². The summed E-state index contributed by atoms with van der Waals surface area (Å²) in [6.45, 7) is 3.70. The summed E-state index contributed by atoms with van der Waals surface area (Å²) in [6, 6.07) is 0. The molecule has 0 rings (SSSR count). The van der Waals surface area contributed by atoms with Gasteiger partial charge in [0.25, 0.3) is 0 Å². The Morgan fingerprint density at radius 1 is 0.731 bits per heavy atom. The van der Waals surface area contributed by atoms with Gasteiger partial charge in [0.1, 0.15) is 0 Å². The van der Waals surface area contributed by atoms with Crippen molar-refractivity contribution in [1.82, 2.24) is 0 Å². The Bertz CT molecular complexity index is 387. The van der Waals surface area contributed by atoms with Gasteiger partial charge in [-0.3, -0.25) is 0 Å². The van der Waals surface area contributed by atoms with Gasteiger partial charge in [0.05, 0.1) is 16.2 Å². The quantitative estimate of drug-likeness (QED) is 0.218. The van der Waals surface area contributed by atoms with E-state index in [0.29, 0.717) is 6.42 Å². The molecule has 6 heteroatoms. The van der Waals surface area contributed by atoms with Crippen molar-refractivity contribution >= 4 is 10.1 Å². The molecule has 1 N–H and O–H groups in total. The van der Waals surface area contributed by atoms with Gasteiger partial charge in [0.2, 0.25) is 0 Å². The number of unbranched alkanes of at least 4 members (excludes halogenated alkanes) is 11. The van der Waals surface area contributed by atoms with Crippen LogP contribution in [0.15, 0.2) is 0 Å². The molecule has 0 radical (unpaired) electrons. The predicted octanol–water partition coefficient (Wildman–Crippen LogP) is 2.55. The van der Waals surface area contributed by atoms with Crippen molar-refractivity contribution < 1.29 is 47.6 Å². The molecule has 2 atom stereocenters. The average molecular weight is 401 g/mol. The maximum atomic E-state index is 10.8. The molecule has 0 saturated carbocycles. The molecule has 152 valence electrons. The van der Waals surface area contributed by atoms with Crippen molar-refractivity contribution in [2.45, 2.75) is 128 Å². The zero-order valence-electron chi connectivity index (χ0n) is 17.5. The SMILES string of the molecule is CCCCCC(O)CCCCCCCCCCCCC(C)S(=O)(=O)[O-].[Na+]. The second kappa shape index (κ2) is 19.2. The smallest absolute Gasteiger partial charge is 0.748 e. The van der Waals surface area contributed by atoms with Crippen molar-refractivity contribution in [3.63, 3.8) is 0 Å². The van der Waals surface area contributed by atoms with Crippen molar-refractivity contribution in [1.29, 1.82) is 0 Å². The second-order valence-corrected chi connectivity index (χ2v) is 9.36. The van der Waals surface area contributed by atoms with Crippen LogP contribution in [0.2, 0.25) is 0 Å². The second-order valence-electron chi connectivity index (χ2n) is 7.57. The molecule has 0 heterocycles. The van der Waals surface area contributed by atoms with Crippen LogP contribution in [0.25, 0.3) is 0 Å². The minimum Gasteiger partial charge on any atom is -0.748 e. The van der Waals surface area contributed by atoms with Crippen LogP contribution in [0.1, 0.15) is 117 Å². The maximum absolute atomic E-state index is 10.8. The van der Waals surface area contributed by atoms with E-state index in [1.807, 2.05) is 0 Å². The number of rotatable bonds is 18. The van der Waals surface area contributed by atoms with Crippen LogP contribution in [0, 0.1) is 0 Å². The van der Waals surface area contributed by atoms with E-state index in [0.717, 1.165) is 44.9 Å². The molecule has 0 fully saturated rings. The van der Waals surface area contributed by atoms with Gasteiger partial charge < -0.3 is 9.66 Å². The maximum Gasteiger partial charge on any atom is 1.00 e. The Kier molecular flexibility index (Phi) is 21.5. The molecule has 0 amide bonds. The average Bonchev–Trinajstić information content (AvgIpc) is 2.55. The van der Waals surface area contributed by atoms with Gasteiger partial charge in [0.15, 0.2) is 0 Å². The third kappa shape index (κ3) is 19.6. The summed E-state index contributed by atoms with van der Waals surface area (Å²) < 4.78 is 32.3. The molecule has 2 unspecified atom stereocenters. The Morgan fingerprint density at radius 3 is 1.46 bits per heavy atom. The summed E-state index contributed by atoms with van der Waals surface area (Å²) in [7, 11) is -4.09. The molecular weight excluding hydrogens is 359 g/mol. The molecule has 4 nitrogen and oxygen atoms in total. The first-order valence-electron chi connectivity index (χ1n) is 10.5. The molecular formula is C20H41NaO4S. The van der Waals surface area contributed by atoms with Gasteiger partial charge in [-0.05, 0) is 26.2 Å². The predicted molar refractivity (Wildman–Crippen MR) is 105 cm³/mol. The van der Waals surface area contributed by atoms with Crippen LogP contribution >= 0.6 is 0 Å². The minimum absolute atomic E-state index is 0. The van der Waals surface area contributed by atoms with Gasteiger partial charge in [-0.15, -0.1) is 0 Å². The number of aliphatic hydroxyl groups is 1. The first-order valence-corrected chi connectivity index (χ1v) is 12.0. The van der Waals surface area contributed by atoms with Gasteiger partial charge in [-0.1, -0.05) is 90.4 Å². The zero-order chi connectivity index (χ0) is 19.0. The summed E-state index contributed by atoms with van der Waals surface area (Å²) in [5.74, 6) is 0. The molecule has 0 aliphatic rings. The van der Waals surface area contributed by atoms with E-state index >= 15 is 0 Å². The Balaban J connectivity index is 0. The zero-order valence-corrected chi connectivity index (χ0v) is 20.4. The Hall–Kier alpha value is 0.870. The summed E-state index contributed by atoms with van der Waals surface area (Å²) in [5, 5.41) is 9.11. The third-order valence-corrected chi connectivity index (χ3v) is 6.25. The summed E-state index contributed by atoms with van der Waals surface area (Å²) in [5.41, 5.74) is 0. The number of hydrogen-bond acceptors (Lipinski definition) is 4. The van der Waals surface area contributed by atoms with Crippen molar-refractivity contribution in [2.75, 3.05) is 0 Å². The fourth-order valence-electron chi connectivity index (χ4n) is 3.14. The van der Waals surface area contributed by atoms with Crippen molar-refractivity contribution in [3.05, 3.63) is 0 Å². The molecule has 0 aromatic rings. The summed E-state index contributed by atoms with van der Waals surface area (Å²) in [6.07, 6.45) is 17.6. The molecule has 0 aliphatic carbocycles. The van der Waals surface area contributed by atoms with Crippen LogP contribution < -0.4 is 29.6 Å². The molecule has 0 bridgehead atoms. The van der Waals surface area contributed by atoms with Crippen molar-refractivity contribution in [2.24, 2.45) is 0 Å². The molecule has 0 spiro atoms. The van der Waals surface area contributed by atoms with E-state index in [4.69, 9.17) is 0 Å². The van der Waals surface area contributed by atoms with Crippen molar-refractivity contribution in [3.8, 4) is 0 Å². The molecule has 0 aromatic heterocycles. The fourth-order valence-corrected chi connectivity index (χ4v) is 3.60. The van der Waals surface area contributed by atoms with Gasteiger partial charge in [-0.25, -0.2) is 8.42 Å². The molecule has 0 saturated heterocycles. The Labute approximate surface area is 185 Å². The first-order chi connectivity index (χ1) is 11.9. The third-order valence-electron chi connectivity index (χ3n) is 5.03. The van der Waals surface area contributed by atoms with E-state index in [9.17, 15) is 18.1 Å². The van der Waals surface area contributed by atoms with Crippen LogP contribution in [0.5, 0.6) is 0 Å². The number of hydrogen-bond donors (Lipinski definition) is 1. The van der Waals surface area contributed by atoms with Crippen LogP contribution in [0.4, 0.5) is 0 Å². The van der Waals surface area contributed by atoms with E-state index in [-0.39, 0.29) is 35.7 Å². The van der Waals surface area contributed by atoms with Crippen LogP contribution in [-0.4, -0.2) is 29.4 Å². The fraction of sp³-hybridized carbons (Fsp3) is 1.00. The first kappa shape index (κ1) is 29.1. The van der Waals surface area contributed by atoms with E-state index in [2.05, 4.69) is 6.92 Å². The van der Waals surface area contributed by atoms with Gasteiger partial charge in [0, 0.05) is 5.25 Å². The Morgan fingerprint density at radius 2 is 1.08 bits per heavy atom. The molecule has 0 aromatic carbocycles. The topological polar surface area (TPSA) is 77.4 Å². The molecule has 26 heavy (non-hydrogen) atoms. The van der Waals surface area contributed by atoms with E-state index in [1.165, 1.54) is 58.3 Å². The van der Waals surface area contributed by atoms with E-state index < -0.39 is 15.4 Å². The monoisotopic (exact) mass is 400 g/mol. The molecule has 0 aliphatic heterocycles. The number of aliphatic hydroxyl groups excluding tert-OH is 1. The summed E-state index contributed by atoms with van der Waals surface area (Å²) in [4.78, 5) is 0. The van der Waals surface area contributed by atoms with E-state index in [1.54, 1.807) is 0 Å². The summed E-state index contributed by atoms with van der Waals surface area (Å²) >= 11 is 0. The van der Waals surface area contributed by atoms with Crippen LogP contribution in [0.3, 0.4) is 0 Å². The standard InChI is InChI=1S/C20H42O4S.Na/c1-3-4-13-17-20(21)18-15-12-10-8-6-5-7-9-11-14-16-19(2)25(22,23)24;/h19-21H,3-18H2,1-2H3,(H,22,23,24);/q;+1/p-1. The largest absolute Gasteiger partial charge is 1.00 e. The van der Waals surface area contributed by atoms with Gasteiger partial charge >= 0.3 is 29.6 Å². The van der Waals surface area contributed by atoms with Crippen LogP contribution in [-0.2, 0) is 10.1 Å². The normalized spacial score (nSPS) is 14.0.